The van der Waals surface area contributed by atoms with Gasteiger partial charge in [0, 0.05) is 22.4 Å². The third kappa shape index (κ3) is 2.09. The fourth-order valence-corrected chi connectivity index (χ4v) is 2.53. The molecule has 102 valence electrons. The molecule has 4 aromatic rings. The van der Waals surface area contributed by atoms with Crippen LogP contribution in [-0.4, -0.2) is 4.57 Å². The van der Waals surface area contributed by atoms with E-state index in [1.165, 1.54) is 11.0 Å². The van der Waals surface area contributed by atoms with Crippen LogP contribution in [0, 0.1) is 0 Å². The van der Waals surface area contributed by atoms with Crippen LogP contribution in [0.3, 0.4) is 0 Å². The van der Waals surface area contributed by atoms with E-state index in [-0.39, 0.29) is 0 Å². The summed E-state index contributed by atoms with van der Waals surface area (Å²) < 4.78 is 8.02. The molecule has 0 saturated carbocycles. The second-order valence-corrected chi connectivity index (χ2v) is 5.02. The zero-order valence-electron chi connectivity index (χ0n) is 11.4. The van der Waals surface area contributed by atoms with Gasteiger partial charge >= 0.3 is 0 Å². The van der Waals surface area contributed by atoms with Crippen LogP contribution < -0.4 is 10.5 Å². The van der Waals surface area contributed by atoms with Crippen molar-refractivity contribution in [1.82, 2.24) is 4.57 Å². The number of benzene rings is 3. The first kappa shape index (κ1) is 11.9. The standard InChI is InChI=1S/C18H14N2O/c19-13-1-9-17(10-2-13)21-18-11-7-16(8-12-18)20-14-3-4-15(20)6-5-14/h1-12H,19H2. The number of nitrogen functional groups attached to an aromatic ring is 1. The van der Waals surface area contributed by atoms with Gasteiger partial charge in [-0.1, -0.05) is 0 Å². The number of hydrogen-bond donors (Lipinski definition) is 1. The molecule has 2 aromatic carbocycles. The predicted octanol–water partition coefficient (Wildman–Crippen LogP) is 4.44. The van der Waals surface area contributed by atoms with E-state index in [2.05, 4.69) is 41.0 Å². The van der Waals surface area contributed by atoms with Crippen LogP contribution in [0.15, 0.2) is 72.8 Å². The van der Waals surface area contributed by atoms with Gasteiger partial charge in [-0.05, 0) is 72.8 Å². The molecule has 0 fully saturated rings. The minimum absolute atomic E-state index is 0.733. The van der Waals surface area contributed by atoms with Gasteiger partial charge < -0.3 is 15.0 Å². The van der Waals surface area contributed by atoms with Crippen LogP contribution in [-0.2, 0) is 0 Å². The van der Waals surface area contributed by atoms with Crippen LogP contribution >= 0.6 is 0 Å². The molecule has 2 heterocycles. The monoisotopic (exact) mass is 274 g/mol. The summed E-state index contributed by atoms with van der Waals surface area (Å²) in [5.74, 6) is 1.59. The van der Waals surface area contributed by atoms with E-state index in [9.17, 15) is 0 Å². The second kappa shape index (κ2) is 4.56. The summed E-state index contributed by atoms with van der Waals surface area (Å²) in [5.41, 5.74) is 9.95. The van der Waals surface area contributed by atoms with Crippen molar-refractivity contribution in [2.75, 3.05) is 5.73 Å². The highest BCUT2D eigenvalue weighted by Crippen LogP contribution is 2.26. The Kier molecular flexibility index (Phi) is 2.57. The number of anilines is 1. The van der Waals surface area contributed by atoms with Crippen LogP contribution in [0.4, 0.5) is 5.69 Å². The lowest BCUT2D eigenvalue weighted by Gasteiger charge is -2.08. The average Bonchev–Trinajstić information content (AvgIpc) is 3.11. The highest BCUT2D eigenvalue weighted by atomic mass is 16.5. The average molecular weight is 274 g/mol. The second-order valence-electron chi connectivity index (χ2n) is 5.02. The van der Waals surface area contributed by atoms with Gasteiger partial charge in [0.2, 0.25) is 0 Å². The van der Waals surface area contributed by atoms with E-state index in [0.29, 0.717) is 0 Å². The third-order valence-electron chi connectivity index (χ3n) is 3.58. The number of nitrogens with two attached hydrogens (primary N) is 1. The molecule has 0 spiro atoms. The molecular weight excluding hydrogens is 260 g/mol. The Morgan fingerprint density at radius 2 is 1.10 bits per heavy atom. The van der Waals surface area contributed by atoms with Gasteiger partial charge in [0.25, 0.3) is 0 Å². The molecule has 0 aliphatic rings. The van der Waals surface area contributed by atoms with E-state index in [0.717, 1.165) is 22.9 Å². The SMILES string of the molecule is Nc1ccc(Oc2ccc(-n3c4ccc3cc4)cc2)cc1. The minimum Gasteiger partial charge on any atom is -0.457 e. The van der Waals surface area contributed by atoms with Crippen molar-refractivity contribution in [3.05, 3.63) is 72.8 Å². The summed E-state index contributed by atoms with van der Waals surface area (Å²) in [7, 11) is 0. The Labute approximate surface area is 122 Å². The van der Waals surface area contributed by atoms with Crippen LogP contribution in [0.5, 0.6) is 11.5 Å². The van der Waals surface area contributed by atoms with E-state index < -0.39 is 0 Å². The number of nitrogens with zero attached hydrogens (tertiary/aromatic N) is 1. The Morgan fingerprint density at radius 3 is 1.62 bits per heavy atom. The largest absolute Gasteiger partial charge is 0.457 e. The van der Waals surface area contributed by atoms with Crippen molar-refractivity contribution in [1.29, 1.82) is 0 Å². The molecule has 2 aromatic heterocycles. The van der Waals surface area contributed by atoms with Crippen molar-refractivity contribution in [2.45, 2.75) is 0 Å². The van der Waals surface area contributed by atoms with Gasteiger partial charge in [-0.25, -0.2) is 0 Å². The van der Waals surface area contributed by atoms with Crippen LogP contribution in [0.2, 0.25) is 0 Å². The van der Waals surface area contributed by atoms with Crippen LogP contribution in [0.25, 0.3) is 16.7 Å². The topological polar surface area (TPSA) is 40.2 Å². The van der Waals surface area contributed by atoms with Gasteiger partial charge in [0.15, 0.2) is 0 Å². The normalized spacial score (nSPS) is 11.0. The molecule has 0 unspecified atom stereocenters. The highest BCUT2D eigenvalue weighted by molar-refractivity contribution is 5.72. The summed E-state index contributed by atoms with van der Waals surface area (Å²) in [6.45, 7) is 0. The number of ether oxygens (including phenoxy) is 1. The highest BCUT2D eigenvalue weighted by Gasteiger charge is 2.06. The van der Waals surface area contributed by atoms with Crippen molar-refractivity contribution in [3.63, 3.8) is 0 Å². The number of rotatable bonds is 3. The fourth-order valence-electron chi connectivity index (χ4n) is 2.53. The van der Waals surface area contributed by atoms with Crippen molar-refractivity contribution in [3.8, 4) is 17.2 Å². The van der Waals surface area contributed by atoms with E-state index in [4.69, 9.17) is 10.5 Å². The summed E-state index contributed by atoms with van der Waals surface area (Å²) in [6, 6.07) is 23.9. The molecule has 3 heteroatoms. The molecule has 0 radical (unpaired) electrons. The molecule has 0 amide bonds. The van der Waals surface area contributed by atoms with E-state index in [1.54, 1.807) is 0 Å². The number of fused-ring (bicyclic) bond motifs is 2. The maximum Gasteiger partial charge on any atom is 0.127 e. The lowest BCUT2D eigenvalue weighted by Crippen LogP contribution is -1.91. The lowest BCUT2D eigenvalue weighted by molar-refractivity contribution is 0.482. The van der Waals surface area contributed by atoms with Crippen molar-refractivity contribution in [2.24, 2.45) is 0 Å². The lowest BCUT2D eigenvalue weighted by atomic mass is 10.3. The Hall–Kier alpha value is -2.94. The quantitative estimate of drug-likeness (QED) is 0.561. The van der Waals surface area contributed by atoms with Gasteiger partial charge in [0.1, 0.15) is 11.5 Å². The van der Waals surface area contributed by atoms with Gasteiger partial charge in [-0.2, -0.15) is 0 Å². The molecule has 3 nitrogen and oxygen atoms in total. The maximum absolute atomic E-state index is 5.80. The molecule has 0 aliphatic carbocycles. The first-order valence-corrected chi connectivity index (χ1v) is 6.83. The van der Waals surface area contributed by atoms with Crippen molar-refractivity contribution < 1.29 is 4.74 Å². The third-order valence-corrected chi connectivity index (χ3v) is 3.58. The first-order valence-electron chi connectivity index (χ1n) is 6.83. The van der Waals surface area contributed by atoms with Gasteiger partial charge in [-0.15, -0.1) is 0 Å². The molecule has 0 atom stereocenters. The molecule has 0 aliphatic heterocycles. The summed E-state index contributed by atoms with van der Waals surface area (Å²) in [5, 5.41) is 0. The Morgan fingerprint density at radius 1 is 0.619 bits per heavy atom. The zero-order valence-corrected chi connectivity index (χ0v) is 11.4. The predicted molar refractivity (Wildman–Crippen MR) is 85.4 cm³/mol. The first-order chi connectivity index (χ1) is 10.3. The van der Waals surface area contributed by atoms with Crippen LogP contribution in [0.1, 0.15) is 0 Å². The van der Waals surface area contributed by atoms with Gasteiger partial charge in [-0.3, -0.25) is 0 Å². The fraction of sp³-hybridized carbons (Fsp3) is 0. The molecule has 2 N–H and O–H groups in total. The smallest absolute Gasteiger partial charge is 0.127 e. The number of aromatic nitrogens is 1. The van der Waals surface area contributed by atoms with Gasteiger partial charge in [0.05, 0.1) is 0 Å². The van der Waals surface area contributed by atoms with E-state index in [1.807, 2.05) is 36.4 Å². The van der Waals surface area contributed by atoms with E-state index >= 15 is 0 Å². The molecular formula is C18H14N2O. The summed E-state index contributed by atoms with van der Waals surface area (Å²) in [6.07, 6.45) is 0. The number of hydrogen-bond acceptors (Lipinski definition) is 2. The Balaban J connectivity index is 1.60. The minimum atomic E-state index is 0.733. The summed E-state index contributed by atoms with van der Waals surface area (Å²) in [4.78, 5) is 0. The zero-order chi connectivity index (χ0) is 14.2. The molecule has 0 saturated heterocycles. The summed E-state index contributed by atoms with van der Waals surface area (Å²) >= 11 is 0. The molecule has 2 bridgehead atoms. The molecule has 4 rings (SSSR count). The Bertz CT molecular complexity index is 812. The molecule has 21 heavy (non-hydrogen) atoms. The van der Waals surface area contributed by atoms with Crippen molar-refractivity contribution >= 4 is 16.7 Å². The maximum atomic E-state index is 5.80.